The van der Waals surface area contributed by atoms with E-state index in [1.165, 1.54) is 0 Å². The minimum atomic E-state index is -0.216. The summed E-state index contributed by atoms with van der Waals surface area (Å²) in [6, 6.07) is 7.89. The van der Waals surface area contributed by atoms with Crippen LogP contribution in [0.5, 0.6) is 0 Å². The molecule has 0 heterocycles. The Kier molecular flexibility index (Phi) is 3.47. The third-order valence-electron chi connectivity index (χ3n) is 1.93. The molecular weight excluding hydrogens is 228 g/mol. The zero-order valence-corrected chi connectivity index (χ0v) is 9.22. The molecule has 0 spiro atoms. The summed E-state index contributed by atoms with van der Waals surface area (Å²) in [6.07, 6.45) is 0. The molecule has 1 unspecified atom stereocenters. The van der Waals surface area contributed by atoms with Gasteiger partial charge in [-0.15, -0.1) is 0 Å². The van der Waals surface area contributed by atoms with Crippen LogP contribution in [0.1, 0.15) is 17.2 Å². The number of rotatable bonds is 2. The predicted octanol–water partition coefficient (Wildman–Crippen LogP) is 2.54. The zero-order valence-electron chi connectivity index (χ0n) is 7.63. The minimum absolute atomic E-state index is 0.216. The van der Waals surface area contributed by atoms with E-state index in [-0.39, 0.29) is 6.04 Å². The summed E-state index contributed by atoms with van der Waals surface area (Å²) in [7, 11) is 1.78. The van der Waals surface area contributed by atoms with Gasteiger partial charge in [0.05, 0.1) is 6.07 Å². The topological polar surface area (TPSA) is 35.8 Å². The standard InChI is InChI=1S/C10H11BrN2/c1-7-5-8(3-4-9(7)11)10(6-12)13-2/h3-5,10,13H,1-2H3. The summed E-state index contributed by atoms with van der Waals surface area (Å²) < 4.78 is 1.07. The molecule has 0 aliphatic rings. The van der Waals surface area contributed by atoms with Crippen LogP contribution in [0.3, 0.4) is 0 Å². The van der Waals surface area contributed by atoms with Gasteiger partial charge in [0.2, 0.25) is 0 Å². The lowest BCUT2D eigenvalue weighted by molar-refractivity contribution is 0.726. The van der Waals surface area contributed by atoms with Crippen molar-refractivity contribution in [3.05, 3.63) is 33.8 Å². The fourth-order valence-corrected chi connectivity index (χ4v) is 1.40. The van der Waals surface area contributed by atoms with Crippen molar-refractivity contribution in [1.29, 1.82) is 5.26 Å². The van der Waals surface area contributed by atoms with Crippen LogP contribution in [-0.4, -0.2) is 7.05 Å². The van der Waals surface area contributed by atoms with Gasteiger partial charge in [0.15, 0.2) is 0 Å². The molecule has 3 heteroatoms. The summed E-state index contributed by atoms with van der Waals surface area (Å²) in [4.78, 5) is 0. The number of hydrogen-bond donors (Lipinski definition) is 1. The fourth-order valence-electron chi connectivity index (χ4n) is 1.15. The Balaban J connectivity index is 3.04. The molecule has 1 atom stereocenters. The normalized spacial score (nSPS) is 12.2. The Bertz CT molecular complexity index is 341. The van der Waals surface area contributed by atoms with Crippen LogP contribution in [0.15, 0.2) is 22.7 Å². The Morgan fingerprint density at radius 2 is 2.23 bits per heavy atom. The van der Waals surface area contributed by atoms with Crippen LogP contribution < -0.4 is 5.32 Å². The van der Waals surface area contributed by atoms with E-state index >= 15 is 0 Å². The zero-order chi connectivity index (χ0) is 9.84. The van der Waals surface area contributed by atoms with Gasteiger partial charge in [-0.25, -0.2) is 0 Å². The van der Waals surface area contributed by atoms with Gasteiger partial charge in [-0.1, -0.05) is 28.1 Å². The number of nitriles is 1. The van der Waals surface area contributed by atoms with Gasteiger partial charge in [0.1, 0.15) is 6.04 Å². The Morgan fingerprint density at radius 3 is 2.69 bits per heavy atom. The highest BCUT2D eigenvalue weighted by Gasteiger charge is 2.07. The molecule has 1 rings (SSSR count). The molecule has 0 aromatic heterocycles. The van der Waals surface area contributed by atoms with Crippen LogP contribution >= 0.6 is 15.9 Å². The molecule has 0 aliphatic heterocycles. The van der Waals surface area contributed by atoms with Crippen LogP contribution in [0.2, 0.25) is 0 Å². The lowest BCUT2D eigenvalue weighted by Gasteiger charge is -2.09. The first-order chi connectivity index (χ1) is 6.19. The van der Waals surface area contributed by atoms with E-state index in [2.05, 4.69) is 27.3 Å². The fraction of sp³-hybridized carbons (Fsp3) is 0.300. The van der Waals surface area contributed by atoms with E-state index in [1.54, 1.807) is 7.05 Å². The van der Waals surface area contributed by atoms with Crippen molar-refractivity contribution in [2.75, 3.05) is 7.05 Å². The van der Waals surface area contributed by atoms with Gasteiger partial charge < -0.3 is 5.32 Å². The summed E-state index contributed by atoms with van der Waals surface area (Å²) >= 11 is 3.42. The van der Waals surface area contributed by atoms with Crippen LogP contribution in [0.25, 0.3) is 0 Å². The second-order valence-electron chi connectivity index (χ2n) is 2.86. The second kappa shape index (κ2) is 4.40. The molecule has 68 valence electrons. The van der Waals surface area contributed by atoms with Gasteiger partial charge in [0, 0.05) is 4.47 Å². The third kappa shape index (κ3) is 2.30. The average molecular weight is 239 g/mol. The van der Waals surface area contributed by atoms with E-state index in [0.29, 0.717) is 0 Å². The van der Waals surface area contributed by atoms with Crippen LogP contribution in [0, 0.1) is 18.3 Å². The number of halogens is 1. The van der Waals surface area contributed by atoms with Crippen molar-refractivity contribution in [2.24, 2.45) is 0 Å². The van der Waals surface area contributed by atoms with Gasteiger partial charge in [0.25, 0.3) is 0 Å². The molecule has 0 radical (unpaired) electrons. The highest BCUT2D eigenvalue weighted by molar-refractivity contribution is 9.10. The molecular formula is C10H11BrN2. The number of benzene rings is 1. The Hall–Kier alpha value is -0.850. The van der Waals surface area contributed by atoms with E-state index in [0.717, 1.165) is 15.6 Å². The van der Waals surface area contributed by atoms with E-state index < -0.39 is 0 Å². The van der Waals surface area contributed by atoms with Crippen molar-refractivity contribution < 1.29 is 0 Å². The van der Waals surface area contributed by atoms with Gasteiger partial charge >= 0.3 is 0 Å². The Labute approximate surface area is 86.7 Å². The molecule has 0 bridgehead atoms. The quantitative estimate of drug-likeness (QED) is 0.860. The molecule has 2 nitrogen and oxygen atoms in total. The van der Waals surface area contributed by atoms with Gasteiger partial charge in [-0.3, -0.25) is 0 Å². The van der Waals surface area contributed by atoms with E-state index in [9.17, 15) is 0 Å². The van der Waals surface area contributed by atoms with E-state index in [4.69, 9.17) is 5.26 Å². The average Bonchev–Trinajstić information content (AvgIpc) is 2.13. The van der Waals surface area contributed by atoms with Gasteiger partial charge in [-0.05, 0) is 31.2 Å². The smallest absolute Gasteiger partial charge is 0.121 e. The van der Waals surface area contributed by atoms with Crippen molar-refractivity contribution in [3.8, 4) is 6.07 Å². The van der Waals surface area contributed by atoms with Crippen molar-refractivity contribution in [3.63, 3.8) is 0 Å². The molecule has 0 fully saturated rings. The monoisotopic (exact) mass is 238 g/mol. The summed E-state index contributed by atoms with van der Waals surface area (Å²) in [5, 5.41) is 11.8. The molecule has 0 aliphatic carbocycles. The maximum Gasteiger partial charge on any atom is 0.121 e. The predicted molar refractivity (Wildman–Crippen MR) is 56.3 cm³/mol. The molecule has 1 aromatic rings. The van der Waals surface area contributed by atoms with E-state index in [1.807, 2.05) is 25.1 Å². The van der Waals surface area contributed by atoms with Gasteiger partial charge in [-0.2, -0.15) is 5.26 Å². The highest BCUT2D eigenvalue weighted by atomic mass is 79.9. The largest absolute Gasteiger partial charge is 0.301 e. The Morgan fingerprint density at radius 1 is 1.54 bits per heavy atom. The first-order valence-electron chi connectivity index (χ1n) is 4.02. The first kappa shape index (κ1) is 10.2. The molecule has 1 N–H and O–H groups in total. The summed E-state index contributed by atoms with van der Waals surface area (Å²) in [6.45, 7) is 2.01. The number of aryl methyl sites for hydroxylation is 1. The second-order valence-corrected chi connectivity index (χ2v) is 3.71. The summed E-state index contributed by atoms with van der Waals surface area (Å²) in [5.41, 5.74) is 2.15. The number of nitrogens with zero attached hydrogens (tertiary/aromatic N) is 1. The maximum atomic E-state index is 8.82. The lowest BCUT2D eigenvalue weighted by Crippen LogP contribution is -2.14. The molecule has 0 saturated carbocycles. The van der Waals surface area contributed by atoms with Crippen molar-refractivity contribution >= 4 is 15.9 Å². The first-order valence-corrected chi connectivity index (χ1v) is 4.81. The SMILES string of the molecule is CNC(C#N)c1ccc(Br)c(C)c1. The van der Waals surface area contributed by atoms with Crippen LogP contribution in [0.4, 0.5) is 0 Å². The van der Waals surface area contributed by atoms with Crippen LogP contribution in [-0.2, 0) is 0 Å². The molecule has 0 saturated heterocycles. The molecule has 1 aromatic carbocycles. The lowest BCUT2D eigenvalue weighted by atomic mass is 10.1. The molecule has 13 heavy (non-hydrogen) atoms. The van der Waals surface area contributed by atoms with Crippen molar-refractivity contribution in [1.82, 2.24) is 5.32 Å². The maximum absolute atomic E-state index is 8.82. The van der Waals surface area contributed by atoms with Crippen molar-refractivity contribution in [2.45, 2.75) is 13.0 Å². The third-order valence-corrected chi connectivity index (χ3v) is 2.82. The minimum Gasteiger partial charge on any atom is -0.301 e. The number of hydrogen-bond acceptors (Lipinski definition) is 2. The highest BCUT2D eigenvalue weighted by Crippen LogP contribution is 2.20. The number of nitrogens with one attached hydrogen (secondary N) is 1. The summed E-state index contributed by atoms with van der Waals surface area (Å²) in [5.74, 6) is 0. The molecule has 0 amide bonds.